The summed E-state index contributed by atoms with van der Waals surface area (Å²) in [6.45, 7) is -1.54. The molecule has 1 N–H and O–H groups in total. The molecule has 3 aromatic rings. The molecule has 0 atom stereocenters. The van der Waals surface area contributed by atoms with Gasteiger partial charge in [0.05, 0.1) is 25.9 Å². The normalized spacial score (nSPS) is 15.1. The smallest absolute Gasteiger partial charge is 0.388 e. The van der Waals surface area contributed by atoms with E-state index in [-0.39, 0.29) is 20.7 Å². The Morgan fingerprint density at radius 1 is 1.10 bits per heavy atom. The molecular formula is C19H18F2N2O5S2. The summed E-state index contributed by atoms with van der Waals surface area (Å²) in [7, 11) is -7.20. The first-order valence-corrected chi connectivity index (χ1v) is 12.4. The van der Waals surface area contributed by atoms with E-state index in [1.165, 1.54) is 30.3 Å². The van der Waals surface area contributed by atoms with Crippen molar-refractivity contribution >= 4 is 30.6 Å². The molecule has 4 rings (SSSR count). The fourth-order valence-electron chi connectivity index (χ4n) is 3.51. The van der Waals surface area contributed by atoms with Gasteiger partial charge in [-0.05, 0) is 49.1 Å². The molecule has 0 amide bonds. The minimum atomic E-state index is -3.75. The van der Waals surface area contributed by atoms with Crippen LogP contribution in [0.2, 0.25) is 0 Å². The Balaban J connectivity index is 1.99. The van der Waals surface area contributed by atoms with Crippen LogP contribution < -0.4 is 4.74 Å². The van der Waals surface area contributed by atoms with E-state index in [1.807, 2.05) is 0 Å². The van der Waals surface area contributed by atoms with Gasteiger partial charge in [0.15, 0.2) is 19.7 Å². The Hall–Kier alpha value is -2.53. The number of hydrogen-bond donors (Lipinski definition) is 1. The van der Waals surface area contributed by atoms with Gasteiger partial charge in [-0.3, -0.25) is 5.10 Å². The van der Waals surface area contributed by atoms with E-state index in [1.54, 1.807) is 6.92 Å². The van der Waals surface area contributed by atoms with E-state index in [0.717, 1.165) is 6.26 Å². The van der Waals surface area contributed by atoms with Crippen LogP contribution in [0.3, 0.4) is 0 Å². The average Bonchev–Trinajstić information content (AvgIpc) is 3.43. The van der Waals surface area contributed by atoms with Gasteiger partial charge in [-0.1, -0.05) is 12.1 Å². The number of aryl methyl sites for hydroxylation is 1. The van der Waals surface area contributed by atoms with E-state index < -0.39 is 37.4 Å². The molecule has 0 spiro atoms. The van der Waals surface area contributed by atoms with E-state index in [4.69, 9.17) is 0 Å². The first-order valence-electron chi connectivity index (χ1n) is 9.01. The molecule has 1 aliphatic rings. The maximum atomic E-state index is 12.9. The maximum absolute atomic E-state index is 12.9. The van der Waals surface area contributed by atoms with Crippen molar-refractivity contribution in [3.05, 3.63) is 35.9 Å². The number of sulfone groups is 2. The molecule has 1 fully saturated rings. The van der Waals surface area contributed by atoms with Crippen LogP contribution in [-0.2, 0) is 19.7 Å². The SMILES string of the molecule is Cc1cc(-c2c(S(C)(=O)=O)ccc3[nH]nc(OC(F)F)c23)ccc1S(=O)(=O)C1CC1. The molecule has 11 heteroatoms. The summed E-state index contributed by atoms with van der Waals surface area (Å²) in [6, 6.07) is 7.21. The molecule has 7 nitrogen and oxygen atoms in total. The number of aromatic nitrogens is 2. The van der Waals surface area contributed by atoms with Crippen LogP contribution in [0.1, 0.15) is 18.4 Å². The topological polar surface area (TPSA) is 106 Å². The Labute approximate surface area is 171 Å². The summed E-state index contributed by atoms with van der Waals surface area (Å²) >= 11 is 0. The zero-order valence-electron chi connectivity index (χ0n) is 16.0. The second kappa shape index (κ2) is 7.02. The number of H-pyrrole nitrogens is 1. The summed E-state index contributed by atoms with van der Waals surface area (Å²) in [4.78, 5) is 0.0748. The number of rotatable bonds is 6. The largest absolute Gasteiger partial charge is 0.415 e. The zero-order chi connectivity index (χ0) is 21.8. The number of fused-ring (bicyclic) bond motifs is 1. The van der Waals surface area contributed by atoms with Crippen molar-refractivity contribution in [2.45, 2.75) is 41.4 Å². The van der Waals surface area contributed by atoms with Crippen LogP contribution in [0.15, 0.2) is 40.1 Å². The summed E-state index contributed by atoms with van der Waals surface area (Å²) in [5.74, 6) is -0.437. The number of nitrogens with one attached hydrogen (secondary N) is 1. The molecule has 0 bridgehead atoms. The molecule has 0 aliphatic heterocycles. The van der Waals surface area contributed by atoms with E-state index in [2.05, 4.69) is 14.9 Å². The summed E-state index contributed by atoms with van der Waals surface area (Å²) in [5.41, 5.74) is 1.22. The van der Waals surface area contributed by atoms with Gasteiger partial charge in [0, 0.05) is 11.8 Å². The fourth-order valence-corrected chi connectivity index (χ4v) is 6.30. The lowest BCUT2D eigenvalue weighted by Gasteiger charge is -2.14. The maximum Gasteiger partial charge on any atom is 0.388 e. The van der Waals surface area contributed by atoms with Crippen molar-refractivity contribution in [2.24, 2.45) is 0 Å². The third-order valence-corrected chi connectivity index (χ3v) is 8.55. The third kappa shape index (κ3) is 3.56. The Morgan fingerprint density at radius 3 is 2.33 bits per heavy atom. The van der Waals surface area contributed by atoms with E-state index in [9.17, 15) is 25.6 Å². The Kier molecular flexibility index (Phi) is 4.85. The number of nitrogens with zero attached hydrogens (tertiary/aromatic N) is 1. The highest BCUT2D eigenvalue weighted by Gasteiger charge is 2.37. The summed E-state index contributed by atoms with van der Waals surface area (Å²) < 4.78 is 80.3. The van der Waals surface area contributed by atoms with Crippen LogP contribution in [0.5, 0.6) is 5.88 Å². The molecule has 0 saturated heterocycles. The Morgan fingerprint density at radius 2 is 1.77 bits per heavy atom. The second-order valence-electron chi connectivity index (χ2n) is 7.27. The first-order chi connectivity index (χ1) is 14.0. The lowest BCUT2D eigenvalue weighted by molar-refractivity contribution is -0.0518. The van der Waals surface area contributed by atoms with Crippen LogP contribution in [0.25, 0.3) is 22.0 Å². The van der Waals surface area contributed by atoms with Gasteiger partial charge in [-0.2, -0.15) is 8.78 Å². The fraction of sp³-hybridized carbons (Fsp3) is 0.316. The van der Waals surface area contributed by atoms with Crippen LogP contribution >= 0.6 is 0 Å². The number of alkyl halides is 2. The van der Waals surface area contributed by atoms with Gasteiger partial charge in [-0.25, -0.2) is 16.8 Å². The highest BCUT2D eigenvalue weighted by molar-refractivity contribution is 7.92. The van der Waals surface area contributed by atoms with Gasteiger partial charge < -0.3 is 4.74 Å². The molecule has 1 aromatic heterocycles. The number of hydrogen-bond acceptors (Lipinski definition) is 6. The molecule has 1 saturated carbocycles. The highest BCUT2D eigenvalue weighted by Crippen LogP contribution is 2.41. The monoisotopic (exact) mass is 456 g/mol. The Bertz CT molecular complexity index is 1360. The number of halogens is 2. The van der Waals surface area contributed by atoms with Gasteiger partial charge in [0.2, 0.25) is 5.88 Å². The zero-order valence-corrected chi connectivity index (χ0v) is 17.6. The summed E-state index contributed by atoms with van der Waals surface area (Å²) in [6.07, 6.45) is 2.24. The third-order valence-electron chi connectivity index (χ3n) is 4.99. The van der Waals surface area contributed by atoms with E-state index >= 15 is 0 Å². The van der Waals surface area contributed by atoms with Gasteiger partial charge in [-0.15, -0.1) is 5.10 Å². The number of benzene rings is 2. The lowest BCUT2D eigenvalue weighted by atomic mass is 10.00. The molecule has 0 unspecified atom stereocenters. The van der Waals surface area contributed by atoms with Crippen molar-refractivity contribution in [3.8, 4) is 17.0 Å². The minimum absolute atomic E-state index is 0.0791. The van der Waals surface area contributed by atoms with Gasteiger partial charge in [0.1, 0.15) is 0 Å². The van der Waals surface area contributed by atoms with Crippen LogP contribution in [0.4, 0.5) is 8.78 Å². The predicted octanol–water partition coefficient (Wildman–Crippen LogP) is 3.48. The summed E-state index contributed by atoms with van der Waals surface area (Å²) in [5, 5.41) is 5.98. The predicted molar refractivity (Wildman–Crippen MR) is 106 cm³/mol. The highest BCUT2D eigenvalue weighted by atomic mass is 32.2. The number of aromatic amines is 1. The molecule has 30 heavy (non-hydrogen) atoms. The van der Waals surface area contributed by atoms with Gasteiger partial charge >= 0.3 is 6.61 Å². The first kappa shape index (κ1) is 20.7. The quantitative estimate of drug-likeness (QED) is 0.609. The van der Waals surface area contributed by atoms with Gasteiger partial charge in [0.25, 0.3) is 0 Å². The van der Waals surface area contributed by atoms with Crippen LogP contribution in [-0.4, -0.2) is 45.2 Å². The molecule has 160 valence electrons. The second-order valence-corrected chi connectivity index (χ2v) is 11.4. The molecular weight excluding hydrogens is 438 g/mol. The number of ether oxygens (including phenoxy) is 1. The van der Waals surface area contributed by atoms with Crippen molar-refractivity contribution in [2.75, 3.05) is 6.26 Å². The molecule has 0 radical (unpaired) electrons. The lowest BCUT2D eigenvalue weighted by Crippen LogP contribution is -2.09. The van der Waals surface area contributed by atoms with Crippen molar-refractivity contribution in [1.82, 2.24) is 10.2 Å². The molecule has 1 heterocycles. The molecule has 1 aliphatic carbocycles. The average molecular weight is 456 g/mol. The van der Waals surface area contributed by atoms with E-state index in [0.29, 0.717) is 29.5 Å². The van der Waals surface area contributed by atoms with Crippen LogP contribution in [0, 0.1) is 6.92 Å². The van der Waals surface area contributed by atoms with Crippen molar-refractivity contribution in [1.29, 1.82) is 0 Å². The standard InChI is InChI=1S/C19H18F2N2O5S2/c1-10-9-11(3-7-14(10)30(26,27)12-4-5-12)16-15(29(2,24)25)8-6-13-17(16)18(23-22-13)28-19(20)21/h3,6-9,12,19H,4-5H2,1-2H3,(H,22,23). The molecule has 2 aromatic carbocycles. The minimum Gasteiger partial charge on any atom is -0.415 e. The van der Waals surface area contributed by atoms with Crippen molar-refractivity contribution < 1.29 is 30.4 Å². The van der Waals surface area contributed by atoms with Crippen molar-refractivity contribution in [3.63, 3.8) is 0 Å².